The molecule has 6 nitrogen and oxygen atoms in total. The molecule has 1 aliphatic rings. The first-order chi connectivity index (χ1) is 12.7. The number of benzene rings is 1. The van der Waals surface area contributed by atoms with Gasteiger partial charge in [-0.15, -0.1) is 24.0 Å². The molecular weight excluding hydrogens is 457 g/mol. The molecule has 0 aromatic heterocycles. The highest BCUT2D eigenvalue weighted by atomic mass is 127. The van der Waals surface area contributed by atoms with Gasteiger partial charge < -0.3 is 25.2 Å². The number of aliphatic imine (C=N–C) groups is 1. The van der Waals surface area contributed by atoms with E-state index in [-0.39, 0.29) is 37.2 Å². The predicted octanol–water partition coefficient (Wildman–Crippen LogP) is 3.32. The topological polar surface area (TPSA) is 75.1 Å². The number of halogens is 1. The summed E-state index contributed by atoms with van der Waals surface area (Å²) in [5, 5.41) is 15.8. The molecule has 1 aliphatic carbocycles. The van der Waals surface area contributed by atoms with Crippen LogP contribution in [0.1, 0.15) is 45.1 Å². The standard InChI is InChI=1S/C20H33N3O3.HI/c1-4-21-20(23-17-8-5-15(2)6-9-17)22-14-16-7-10-18(26-12-11-24)19(13-16)25-3;/h7,10,13,15,17,24H,4-6,8-9,11-12,14H2,1-3H3,(H2,21,22,23);1H. The minimum absolute atomic E-state index is 0. The minimum Gasteiger partial charge on any atom is -0.493 e. The van der Waals surface area contributed by atoms with Gasteiger partial charge in [-0.1, -0.05) is 13.0 Å². The molecule has 0 saturated heterocycles. The molecule has 2 rings (SSSR count). The van der Waals surface area contributed by atoms with Crippen LogP contribution >= 0.6 is 24.0 Å². The lowest BCUT2D eigenvalue weighted by Gasteiger charge is -2.28. The Morgan fingerprint density at radius 2 is 1.96 bits per heavy atom. The Bertz CT molecular complexity index is 576. The number of nitrogens with one attached hydrogen (secondary N) is 2. The molecule has 0 radical (unpaired) electrons. The summed E-state index contributed by atoms with van der Waals surface area (Å²) in [5.41, 5.74) is 1.05. The van der Waals surface area contributed by atoms with Gasteiger partial charge >= 0.3 is 0 Å². The number of ether oxygens (including phenoxy) is 2. The van der Waals surface area contributed by atoms with Crippen LogP contribution in [0.4, 0.5) is 0 Å². The van der Waals surface area contributed by atoms with Crippen molar-refractivity contribution in [1.29, 1.82) is 0 Å². The van der Waals surface area contributed by atoms with Crippen molar-refractivity contribution in [2.45, 2.75) is 52.1 Å². The van der Waals surface area contributed by atoms with Crippen molar-refractivity contribution in [3.63, 3.8) is 0 Å². The molecule has 0 aliphatic heterocycles. The molecular formula is C20H34IN3O3. The fourth-order valence-electron chi connectivity index (χ4n) is 3.17. The highest BCUT2D eigenvalue weighted by Gasteiger charge is 2.18. The van der Waals surface area contributed by atoms with Gasteiger partial charge in [-0.05, 0) is 56.2 Å². The van der Waals surface area contributed by atoms with Crippen LogP contribution in [0, 0.1) is 5.92 Å². The van der Waals surface area contributed by atoms with Gasteiger partial charge in [0, 0.05) is 12.6 Å². The molecule has 0 spiro atoms. The van der Waals surface area contributed by atoms with Crippen LogP contribution in [-0.4, -0.2) is 44.0 Å². The lowest BCUT2D eigenvalue weighted by Crippen LogP contribution is -2.44. The molecule has 3 N–H and O–H groups in total. The second-order valence-electron chi connectivity index (χ2n) is 6.85. The minimum atomic E-state index is -0.0210. The zero-order valence-corrected chi connectivity index (χ0v) is 19.0. The second kappa shape index (κ2) is 13.0. The van der Waals surface area contributed by atoms with Crippen molar-refractivity contribution in [1.82, 2.24) is 10.6 Å². The number of hydrogen-bond acceptors (Lipinski definition) is 4. The average molecular weight is 491 g/mol. The van der Waals surface area contributed by atoms with E-state index in [0.29, 0.717) is 24.1 Å². The number of nitrogens with zero attached hydrogens (tertiary/aromatic N) is 1. The van der Waals surface area contributed by atoms with Crippen molar-refractivity contribution in [3.05, 3.63) is 23.8 Å². The van der Waals surface area contributed by atoms with Crippen LogP contribution in [0.5, 0.6) is 11.5 Å². The van der Waals surface area contributed by atoms with Gasteiger partial charge in [0.05, 0.1) is 20.3 Å². The monoisotopic (exact) mass is 491 g/mol. The maximum atomic E-state index is 8.89. The molecule has 0 atom stereocenters. The highest BCUT2D eigenvalue weighted by Crippen LogP contribution is 2.28. The van der Waals surface area contributed by atoms with E-state index in [0.717, 1.165) is 24.0 Å². The van der Waals surface area contributed by atoms with Crippen LogP contribution < -0.4 is 20.1 Å². The van der Waals surface area contributed by atoms with Crippen molar-refractivity contribution >= 4 is 29.9 Å². The summed E-state index contributed by atoms with van der Waals surface area (Å²) < 4.78 is 10.9. The predicted molar refractivity (Wildman–Crippen MR) is 120 cm³/mol. The van der Waals surface area contributed by atoms with Crippen LogP contribution in [0.2, 0.25) is 0 Å². The lowest BCUT2D eigenvalue weighted by atomic mass is 9.87. The van der Waals surface area contributed by atoms with Crippen molar-refractivity contribution in [3.8, 4) is 11.5 Å². The van der Waals surface area contributed by atoms with Crippen molar-refractivity contribution in [2.75, 3.05) is 26.9 Å². The van der Waals surface area contributed by atoms with E-state index in [4.69, 9.17) is 19.6 Å². The van der Waals surface area contributed by atoms with Crippen LogP contribution in [-0.2, 0) is 6.54 Å². The Labute approximate surface area is 180 Å². The Balaban J connectivity index is 0.00000364. The van der Waals surface area contributed by atoms with E-state index in [9.17, 15) is 0 Å². The third kappa shape index (κ3) is 8.13. The van der Waals surface area contributed by atoms with Crippen LogP contribution in [0.3, 0.4) is 0 Å². The average Bonchev–Trinajstić information content (AvgIpc) is 2.66. The number of guanidine groups is 1. The summed E-state index contributed by atoms with van der Waals surface area (Å²) in [7, 11) is 1.61. The fraction of sp³-hybridized carbons (Fsp3) is 0.650. The summed E-state index contributed by atoms with van der Waals surface area (Å²) in [5.74, 6) is 3.00. The normalized spacial score (nSPS) is 19.8. The quantitative estimate of drug-likeness (QED) is 0.296. The largest absolute Gasteiger partial charge is 0.493 e. The fourth-order valence-corrected chi connectivity index (χ4v) is 3.17. The van der Waals surface area contributed by atoms with Gasteiger partial charge in [0.1, 0.15) is 6.61 Å². The maximum Gasteiger partial charge on any atom is 0.191 e. The number of rotatable bonds is 8. The molecule has 0 bridgehead atoms. The number of hydrogen-bond donors (Lipinski definition) is 3. The van der Waals surface area contributed by atoms with E-state index in [1.54, 1.807) is 7.11 Å². The maximum absolute atomic E-state index is 8.89. The van der Waals surface area contributed by atoms with E-state index >= 15 is 0 Å². The van der Waals surface area contributed by atoms with E-state index in [1.807, 2.05) is 18.2 Å². The first kappa shape index (κ1) is 23.8. The summed E-state index contributed by atoms with van der Waals surface area (Å²) >= 11 is 0. The molecule has 0 amide bonds. The number of methoxy groups -OCH3 is 1. The third-order valence-electron chi connectivity index (χ3n) is 4.70. The van der Waals surface area contributed by atoms with Crippen molar-refractivity contribution in [2.24, 2.45) is 10.9 Å². The second-order valence-corrected chi connectivity index (χ2v) is 6.85. The Kier molecular flexibility index (Phi) is 11.5. The van der Waals surface area contributed by atoms with Gasteiger partial charge in [-0.3, -0.25) is 0 Å². The Morgan fingerprint density at radius 1 is 1.22 bits per heavy atom. The molecule has 1 fully saturated rings. The number of aliphatic hydroxyl groups is 1. The molecule has 1 saturated carbocycles. The van der Waals surface area contributed by atoms with Gasteiger partial charge in [0.2, 0.25) is 0 Å². The van der Waals surface area contributed by atoms with E-state index in [2.05, 4.69) is 24.5 Å². The van der Waals surface area contributed by atoms with Crippen LogP contribution in [0.25, 0.3) is 0 Å². The Morgan fingerprint density at radius 3 is 2.59 bits per heavy atom. The zero-order valence-electron chi connectivity index (χ0n) is 16.7. The first-order valence-electron chi connectivity index (χ1n) is 9.61. The molecule has 1 aromatic carbocycles. The van der Waals surface area contributed by atoms with Crippen molar-refractivity contribution < 1.29 is 14.6 Å². The highest BCUT2D eigenvalue weighted by molar-refractivity contribution is 14.0. The molecule has 154 valence electrons. The van der Waals surface area contributed by atoms with Gasteiger partial charge in [-0.25, -0.2) is 4.99 Å². The van der Waals surface area contributed by atoms with Gasteiger partial charge in [0.15, 0.2) is 17.5 Å². The third-order valence-corrected chi connectivity index (χ3v) is 4.70. The summed E-state index contributed by atoms with van der Waals surface area (Å²) in [6.07, 6.45) is 4.97. The molecule has 1 aromatic rings. The summed E-state index contributed by atoms with van der Waals surface area (Å²) in [6, 6.07) is 6.28. The zero-order chi connectivity index (χ0) is 18.8. The molecule has 0 heterocycles. The first-order valence-corrected chi connectivity index (χ1v) is 9.61. The molecule has 7 heteroatoms. The van der Waals surface area contributed by atoms with E-state index < -0.39 is 0 Å². The lowest BCUT2D eigenvalue weighted by molar-refractivity contribution is 0.196. The summed E-state index contributed by atoms with van der Waals surface area (Å²) in [6.45, 7) is 6.05. The molecule has 27 heavy (non-hydrogen) atoms. The Hall–Kier alpha value is -1.22. The number of aliphatic hydroxyl groups excluding tert-OH is 1. The van der Waals surface area contributed by atoms with E-state index in [1.165, 1.54) is 25.7 Å². The SMILES string of the molecule is CCNC(=NCc1ccc(OCCO)c(OC)c1)NC1CCC(C)CC1.I. The summed E-state index contributed by atoms with van der Waals surface area (Å²) in [4.78, 5) is 4.72. The smallest absolute Gasteiger partial charge is 0.191 e. The van der Waals surface area contributed by atoms with Gasteiger partial charge in [-0.2, -0.15) is 0 Å². The molecule has 0 unspecified atom stereocenters. The van der Waals surface area contributed by atoms with Gasteiger partial charge in [0.25, 0.3) is 0 Å². The van der Waals surface area contributed by atoms with Crippen LogP contribution in [0.15, 0.2) is 23.2 Å².